The monoisotopic (exact) mass is 690 g/mol. The van der Waals surface area contributed by atoms with E-state index in [-0.39, 0.29) is 23.7 Å². The molecule has 9 nitrogen and oxygen atoms in total. The largest absolute Gasteiger partial charge is 0.381 e. The van der Waals surface area contributed by atoms with Gasteiger partial charge in [-0.05, 0) is 99.0 Å². The molecular formula is C41H47FN6O3. The van der Waals surface area contributed by atoms with Crippen molar-refractivity contribution in [1.82, 2.24) is 25.4 Å². The van der Waals surface area contributed by atoms with E-state index in [1.807, 2.05) is 73.3 Å². The topological polar surface area (TPSA) is 110 Å². The van der Waals surface area contributed by atoms with Crippen LogP contribution in [0.4, 0.5) is 10.1 Å². The molecule has 2 aromatic heterocycles. The fraction of sp³-hybridized carbons (Fsp3) is 0.366. The number of nitrogens with zero attached hydrogens (tertiary/aromatic N) is 3. The number of pyridine rings is 1. The van der Waals surface area contributed by atoms with Crippen LogP contribution in [-0.4, -0.2) is 46.2 Å². The Bertz CT molecular complexity index is 2010. The third-order valence-electron chi connectivity index (χ3n) is 9.64. The highest BCUT2D eigenvalue weighted by atomic mass is 19.1. The van der Waals surface area contributed by atoms with Crippen LogP contribution in [0.25, 0.3) is 22.3 Å². The summed E-state index contributed by atoms with van der Waals surface area (Å²) in [5.41, 5.74) is 9.06. The summed E-state index contributed by atoms with van der Waals surface area (Å²) in [5.74, 6) is -0.750. The van der Waals surface area contributed by atoms with Gasteiger partial charge in [-0.1, -0.05) is 37.3 Å². The predicted molar refractivity (Wildman–Crippen MR) is 201 cm³/mol. The van der Waals surface area contributed by atoms with Gasteiger partial charge in [-0.2, -0.15) is 5.10 Å². The second kappa shape index (κ2) is 16.3. The lowest BCUT2D eigenvalue weighted by Gasteiger charge is -2.26. The second-order valence-electron chi connectivity index (χ2n) is 13.2. The van der Waals surface area contributed by atoms with Gasteiger partial charge in [0.15, 0.2) is 5.65 Å². The van der Waals surface area contributed by atoms with Gasteiger partial charge >= 0.3 is 0 Å². The van der Waals surface area contributed by atoms with Crippen LogP contribution in [0.5, 0.6) is 0 Å². The van der Waals surface area contributed by atoms with Crippen molar-refractivity contribution in [2.45, 2.75) is 79.1 Å². The molecule has 1 unspecified atom stereocenters. The molecule has 2 aliphatic rings. The molecule has 1 aliphatic heterocycles. The van der Waals surface area contributed by atoms with Crippen LogP contribution < -0.4 is 16.0 Å². The smallest absolute Gasteiger partial charge is 0.251 e. The summed E-state index contributed by atoms with van der Waals surface area (Å²) >= 11 is 0. The first-order valence-electron chi connectivity index (χ1n) is 18.0. The van der Waals surface area contributed by atoms with E-state index in [9.17, 15) is 14.0 Å². The number of aromatic nitrogens is 3. The minimum absolute atomic E-state index is 0.176. The maximum Gasteiger partial charge on any atom is 0.251 e. The van der Waals surface area contributed by atoms with E-state index < -0.39 is 0 Å². The number of carbonyl (C=O) groups excluding carboxylic acids is 2. The Balaban J connectivity index is 1.20. The summed E-state index contributed by atoms with van der Waals surface area (Å²) in [5, 5.41) is 16.0. The maximum absolute atomic E-state index is 14.9. The van der Waals surface area contributed by atoms with Crippen molar-refractivity contribution in [1.29, 1.82) is 0 Å². The molecule has 51 heavy (non-hydrogen) atoms. The highest BCUT2D eigenvalue weighted by Gasteiger charge is 2.22. The van der Waals surface area contributed by atoms with Crippen LogP contribution >= 0.6 is 0 Å². The summed E-state index contributed by atoms with van der Waals surface area (Å²) < 4.78 is 22.4. The summed E-state index contributed by atoms with van der Waals surface area (Å²) in [6.07, 6.45) is 13.5. The van der Waals surface area contributed by atoms with Crippen LogP contribution in [-0.2, 0) is 35.6 Å². The van der Waals surface area contributed by atoms with Crippen molar-refractivity contribution in [3.8, 4) is 0 Å². The van der Waals surface area contributed by atoms with Crippen molar-refractivity contribution < 1.29 is 18.7 Å². The van der Waals surface area contributed by atoms with Crippen LogP contribution in [0.3, 0.4) is 0 Å². The third kappa shape index (κ3) is 8.12. The van der Waals surface area contributed by atoms with Gasteiger partial charge in [0.25, 0.3) is 5.91 Å². The SMILES string of the molecule is C/C=C(\NCc1ccc(F)c(C2=CC(C=O)CC=C2)c1)c1cc(C)cc(C(=O)NCc2c(CC)nc3c(cnn3CC)c2NC2CCOCC2)c1. The summed E-state index contributed by atoms with van der Waals surface area (Å²) in [6, 6.07) is 11.1. The molecule has 3 heterocycles. The maximum atomic E-state index is 14.9. The van der Waals surface area contributed by atoms with Gasteiger partial charge in [0, 0.05) is 72.9 Å². The minimum Gasteiger partial charge on any atom is -0.381 e. The number of rotatable bonds is 13. The first kappa shape index (κ1) is 35.7. The molecule has 266 valence electrons. The Morgan fingerprint density at radius 3 is 2.63 bits per heavy atom. The number of nitrogens with one attached hydrogen (secondary N) is 3. The van der Waals surface area contributed by atoms with E-state index in [1.54, 1.807) is 6.07 Å². The lowest BCUT2D eigenvalue weighted by Crippen LogP contribution is -2.30. The molecule has 1 fully saturated rings. The van der Waals surface area contributed by atoms with Gasteiger partial charge in [-0.3, -0.25) is 4.79 Å². The van der Waals surface area contributed by atoms with Gasteiger partial charge in [0.05, 0.1) is 17.3 Å². The molecule has 3 N–H and O–H groups in total. The van der Waals surface area contributed by atoms with Crippen molar-refractivity contribution in [2.24, 2.45) is 5.92 Å². The van der Waals surface area contributed by atoms with Crippen molar-refractivity contribution in [3.05, 3.63) is 112 Å². The van der Waals surface area contributed by atoms with E-state index in [2.05, 4.69) is 34.9 Å². The quantitative estimate of drug-likeness (QED) is 0.126. The number of halogens is 1. The first-order valence-corrected chi connectivity index (χ1v) is 18.0. The molecule has 4 aromatic rings. The fourth-order valence-corrected chi connectivity index (χ4v) is 6.89. The van der Waals surface area contributed by atoms with Crippen LogP contribution in [0.15, 0.2) is 66.9 Å². The molecule has 0 bridgehead atoms. The number of anilines is 1. The van der Waals surface area contributed by atoms with Gasteiger partial charge in [0.1, 0.15) is 12.1 Å². The second-order valence-corrected chi connectivity index (χ2v) is 13.2. The number of allylic oxidation sites excluding steroid dienone is 5. The standard InChI is InChI=1S/C41H47FN6O3/c1-5-37(43-22-27-11-12-36(42)33(20-27)29-10-8-9-28(19-29)25-49)30-17-26(4)18-31(21-30)41(50)44-23-34-38(6-2)47-40-35(24-45-48(40)7-3)39(34)46-32-13-15-51-16-14-32/h5,8,10-12,17-21,24-25,28,32,43H,6-7,9,13-16,22-23H2,1-4H3,(H,44,50)(H,46,47)/b37-5-. The highest BCUT2D eigenvalue weighted by Crippen LogP contribution is 2.32. The van der Waals surface area contributed by atoms with Gasteiger partial charge in [-0.25, -0.2) is 14.1 Å². The molecule has 0 radical (unpaired) electrons. The van der Waals surface area contributed by atoms with Gasteiger partial charge < -0.3 is 25.5 Å². The molecule has 1 saturated heterocycles. The van der Waals surface area contributed by atoms with Crippen LogP contribution in [0.1, 0.15) is 83.9 Å². The molecule has 0 spiro atoms. The number of aryl methyl sites for hydroxylation is 3. The van der Waals surface area contributed by atoms with Crippen LogP contribution in [0.2, 0.25) is 0 Å². The fourth-order valence-electron chi connectivity index (χ4n) is 6.89. The third-order valence-corrected chi connectivity index (χ3v) is 9.64. The summed E-state index contributed by atoms with van der Waals surface area (Å²) in [6.45, 7) is 11.0. The average molecular weight is 691 g/mol. The predicted octanol–water partition coefficient (Wildman–Crippen LogP) is 7.29. The number of aldehydes is 1. The Kier molecular flexibility index (Phi) is 11.4. The van der Waals surface area contributed by atoms with E-state index >= 15 is 0 Å². The summed E-state index contributed by atoms with van der Waals surface area (Å²) in [7, 11) is 0. The zero-order valence-electron chi connectivity index (χ0n) is 29.9. The van der Waals surface area contributed by atoms with Crippen molar-refractivity contribution in [3.63, 3.8) is 0 Å². The number of benzene rings is 2. The molecular weight excluding hydrogens is 643 g/mol. The Hall–Kier alpha value is -5.09. The van der Waals surface area contributed by atoms with Crippen molar-refractivity contribution in [2.75, 3.05) is 18.5 Å². The molecule has 10 heteroatoms. The molecule has 1 aliphatic carbocycles. The highest BCUT2D eigenvalue weighted by molar-refractivity contribution is 5.96. The normalized spacial score (nSPS) is 16.6. The molecule has 1 amide bonds. The van der Waals surface area contributed by atoms with E-state index in [0.29, 0.717) is 42.6 Å². The number of hydrogen-bond donors (Lipinski definition) is 3. The van der Waals surface area contributed by atoms with Crippen LogP contribution in [0, 0.1) is 18.7 Å². The molecule has 1 atom stereocenters. The number of amides is 1. The lowest BCUT2D eigenvalue weighted by molar-refractivity contribution is -0.109. The Morgan fingerprint density at radius 1 is 1.08 bits per heavy atom. The molecule has 0 saturated carbocycles. The average Bonchev–Trinajstić information content (AvgIpc) is 3.58. The van der Waals surface area contributed by atoms with E-state index in [1.165, 1.54) is 6.07 Å². The number of hydrogen-bond acceptors (Lipinski definition) is 7. The number of fused-ring (bicyclic) bond motifs is 1. The zero-order chi connectivity index (χ0) is 35.9. The number of ether oxygens (including phenoxy) is 1. The van der Waals surface area contributed by atoms with Crippen molar-refractivity contribution >= 4 is 40.2 Å². The van der Waals surface area contributed by atoms with Gasteiger partial charge in [-0.15, -0.1) is 0 Å². The Morgan fingerprint density at radius 2 is 1.88 bits per heavy atom. The van der Waals surface area contributed by atoms with Gasteiger partial charge in [0.2, 0.25) is 0 Å². The molecule has 2 aromatic carbocycles. The minimum atomic E-state index is -0.328. The van der Waals surface area contributed by atoms with E-state index in [0.717, 1.165) is 89.3 Å². The number of carbonyl (C=O) groups is 2. The summed E-state index contributed by atoms with van der Waals surface area (Å²) in [4.78, 5) is 30.2. The molecule has 6 rings (SSSR count). The van der Waals surface area contributed by atoms with E-state index in [4.69, 9.17) is 9.72 Å². The lowest BCUT2D eigenvalue weighted by atomic mass is 9.92. The Labute approximate surface area is 299 Å². The first-order chi connectivity index (χ1) is 24.8. The zero-order valence-corrected chi connectivity index (χ0v) is 29.9.